The number of amides is 1. The predicted octanol–water partition coefficient (Wildman–Crippen LogP) is 0.862. The Morgan fingerprint density at radius 3 is 2.77 bits per heavy atom. The number of carboxylic acid groups (broad SMARTS) is 1. The number of halogens is 1. The molecule has 0 radical (unpaired) electrons. The lowest BCUT2D eigenvalue weighted by Gasteiger charge is -2.24. The van der Waals surface area contributed by atoms with Gasteiger partial charge in [-0.05, 0) is 31.0 Å². The van der Waals surface area contributed by atoms with E-state index >= 15 is 0 Å². The molecule has 140 valence electrons. The van der Waals surface area contributed by atoms with Crippen LogP contribution in [0.2, 0.25) is 5.02 Å². The summed E-state index contributed by atoms with van der Waals surface area (Å²) < 4.78 is 24.0. The number of hydrogen-bond donors (Lipinski definition) is 0. The molecule has 3 rings (SSSR count). The molecule has 2 saturated heterocycles. The molecule has 0 aromatic heterocycles. The first kappa shape index (κ1) is 19.2. The topological polar surface area (TPSA) is 107 Å². The molecule has 0 unspecified atom stereocenters. The van der Waals surface area contributed by atoms with Crippen molar-refractivity contribution in [1.29, 1.82) is 0 Å². The predicted molar refractivity (Wildman–Crippen MR) is 99.1 cm³/mol. The number of sulfone groups is 1. The highest BCUT2D eigenvalue weighted by atomic mass is 35.5. The Morgan fingerprint density at radius 1 is 1.31 bits per heavy atom. The van der Waals surface area contributed by atoms with Crippen LogP contribution in [0.3, 0.4) is 0 Å². The summed E-state index contributed by atoms with van der Waals surface area (Å²) in [6, 6.07) is 6.64. The SMILES string of the molecule is O=C([O-])CCCC(=O)N=C1S[C@@H]2CS(=O)(=O)C[C@H]2N1c1cccc(Cl)c1. The number of benzene rings is 1. The summed E-state index contributed by atoms with van der Waals surface area (Å²) >= 11 is 7.32. The van der Waals surface area contributed by atoms with Gasteiger partial charge in [-0.3, -0.25) is 4.79 Å². The van der Waals surface area contributed by atoms with Crippen molar-refractivity contribution in [3.05, 3.63) is 29.3 Å². The number of aliphatic carboxylic acids is 1. The summed E-state index contributed by atoms with van der Waals surface area (Å²) in [5.41, 5.74) is 0.677. The van der Waals surface area contributed by atoms with E-state index in [1.54, 1.807) is 29.2 Å². The minimum Gasteiger partial charge on any atom is -0.550 e. The smallest absolute Gasteiger partial charge is 0.248 e. The number of carbonyl (C=O) groups is 2. The first-order valence-electron chi connectivity index (χ1n) is 7.98. The lowest BCUT2D eigenvalue weighted by Crippen LogP contribution is -2.37. The van der Waals surface area contributed by atoms with Crippen LogP contribution < -0.4 is 10.0 Å². The van der Waals surface area contributed by atoms with Gasteiger partial charge in [0, 0.05) is 28.4 Å². The molecule has 2 aliphatic heterocycles. The van der Waals surface area contributed by atoms with Gasteiger partial charge in [-0.1, -0.05) is 29.4 Å². The van der Waals surface area contributed by atoms with Gasteiger partial charge in [0.2, 0.25) is 5.91 Å². The third-order valence-corrected chi connectivity index (χ3v) is 7.59. The van der Waals surface area contributed by atoms with Gasteiger partial charge in [0.1, 0.15) is 0 Å². The molecule has 2 atom stereocenters. The Bertz CT molecular complexity index is 871. The van der Waals surface area contributed by atoms with Crippen molar-refractivity contribution in [2.24, 2.45) is 4.99 Å². The minimum atomic E-state index is -3.14. The molecule has 7 nitrogen and oxygen atoms in total. The first-order valence-corrected chi connectivity index (χ1v) is 11.1. The van der Waals surface area contributed by atoms with Gasteiger partial charge < -0.3 is 14.8 Å². The monoisotopic (exact) mass is 415 g/mol. The van der Waals surface area contributed by atoms with Gasteiger partial charge in [0.05, 0.1) is 17.5 Å². The summed E-state index contributed by atoms with van der Waals surface area (Å²) in [7, 11) is -3.14. The summed E-state index contributed by atoms with van der Waals surface area (Å²) in [5.74, 6) is -1.61. The number of carbonyl (C=O) groups excluding carboxylic acids is 2. The van der Waals surface area contributed by atoms with Crippen LogP contribution in [0.25, 0.3) is 0 Å². The van der Waals surface area contributed by atoms with Crippen molar-refractivity contribution in [1.82, 2.24) is 0 Å². The van der Waals surface area contributed by atoms with Crippen molar-refractivity contribution < 1.29 is 23.1 Å². The number of aliphatic imine (C=N–C) groups is 1. The maximum atomic E-state index is 12.1. The van der Waals surface area contributed by atoms with Crippen LogP contribution in [0.15, 0.2) is 29.3 Å². The Kier molecular flexibility index (Phi) is 5.59. The van der Waals surface area contributed by atoms with E-state index in [2.05, 4.69) is 4.99 Å². The van der Waals surface area contributed by atoms with Crippen LogP contribution in [-0.2, 0) is 19.4 Å². The highest BCUT2D eigenvalue weighted by Crippen LogP contribution is 2.41. The van der Waals surface area contributed by atoms with Gasteiger partial charge in [0.25, 0.3) is 0 Å². The maximum Gasteiger partial charge on any atom is 0.248 e. The maximum absolute atomic E-state index is 12.1. The molecule has 1 aromatic rings. The first-order chi connectivity index (χ1) is 12.2. The van der Waals surface area contributed by atoms with E-state index in [4.69, 9.17) is 11.6 Å². The summed E-state index contributed by atoms with van der Waals surface area (Å²) in [5, 5.41) is 11.2. The fourth-order valence-corrected chi connectivity index (χ4v) is 7.15. The Labute approximate surface area is 160 Å². The molecule has 1 amide bonds. The zero-order chi connectivity index (χ0) is 18.9. The van der Waals surface area contributed by atoms with Crippen molar-refractivity contribution >= 4 is 55.9 Å². The second-order valence-corrected chi connectivity index (χ2v) is 9.96. The number of rotatable bonds is 5. The van der Waals surface area contributed by atoms with E-state index in [0.29, 0.717) is 15.9 Å². The van der Waals surface area contributed by atoms with Crippen molar-refractivity contribution in [3.8, 4) is 0 Å². The second kappa shape index (κ2) is 7.58. The molecule has 0 saturated carbocycles. The van der Waals surface area contributed by atoms with E-state index in [0.717, 1.165) is 0 Å². The number of anilines is 1. The normalized spacial score (nSPS) is 25.4. The van der Waals surface area contributed by atoms with Gasteiger partial charge >= 0.3 is 0 Å². The standard InChI is InChI=1S/C16H17ClN2O5S2/c17-10-3-1-4-11(7-10)19-12-8-26(23,24)9-13(12)25-16(19)18-14(20)5-2-6-15(21)22/h1,3-4,7,12-13H,2,5-6,8-9H2,(H,21,22)/p-1/t12-,13-/m1/s1. The number of fused-ring (bicyclic) bond motifs is 1. The quantitative estimate of drug-likeness (QED) is 0.701. The van der Waals surface area contributed by atoms with Crippen molar-refractivity contribution in [2.45, 2.75) is 30.6 Å². The number of amidine groups is 1. The van der Waals surface area contributed by atoms with Crippen LogP contribution in [0, 0.1) is 0 Å². The molecular formula is C16H16ClN2O5S2-. The molecule has 0 aliphatic carbocycles. The molecule has 2 aliphatic rings. The average molecular weight is 416 g/mol. The largest absolute Gasteiger partial charge is 0.550 e. The number of hydrogen-bond acceptors (Lipinski definition) is 6. The third-order valence-electron chi connectivity index (χ3n) is 4.14. The van der Waals surface area contributed by atoms with E-state index in [1.807, 2.05) is 0 Å². The molecular weight excluding hydrogens is 400 g/mol. The van der Waals surface area contributed by atoms with Gasteiger partial charge in [-0.15, -0.1) is 0 Å². The summed E-state index contributed by atoms with van der Waals surface area (Å²) in [4.78, 5) is 28.4. The Hall–Kier alpha value is -1.58. The lowest BCUT2D eigenvalue weighted by atomic mass is 10.2. The van der Waals surface area contributed by atoms with Crippen LogP contribution >= 0.6 is 23.4 Å². The molecule has 10 heteroatoms. The van der Waals surface area contributed by atoms with E-state index in [-0.39, 0.29) is 42.1 Å². The highest BCUT2D eigenvalue weighted by Gasteiger charge is 2.49. The third kappa shape index (κ3) is 4.39. The van der Waals surface area contributed by atoms with Crippen molar-refractivity contribution in [2.75, 3.05) is 16.4 Å². The number of nitrogens with zero attached hydrogens (tertiary/aromatic N) is 2. The van der Waals surface area contributed by atoms with Crippen LogP contribution in [0.5, 0.6) is 0 Å². The zero-order valence-electron chi connectivity index (χ0n) is 13.6. The molecule has 1 aromatic carbocycles. The van der Waals surface area contributed by atoms with E-state index in [9.17, 15) is 23.1 Å². The highest BCUT2D eigenvalue weighted by molar-refractivity contribution is 8.16. The molecule has 2 fully saturated rings. The molecule has 0 N–H and O–H groups in total. The second-order valence-electron chi connectivity index (χ2n) is 6.16. The molecule has 2 heterocycles. The fraction of sp³-hybridized carbons (Fsp3) is 0.438. The van der Waals surface area contributed by atoms with Crippen molar-refractivity contribution in [3.63, 3.8) is 0 Å². The minimum absolute atomic E-state index is 0.00489. The van der Waals surface area contributed by atoms with Crippen LogP contribution in [0.4, 0.5) is 5.69 Å². The average Bonchev–Trinajstić information content (AvgIpc) is 2.97. The Balaban J connectivity index is 1.85. The molecule has 26 heavy (non-hydrogen) atoms. The molecule has 0 bridgehead atoms. The lowest BCUT2D eigenvalue weighted by molar-refractivity contribution is -0.305. The van der Waals surface area contributed by atoms with Crippen LogP contribution in [-0.4, -0.2) is 48.3 Å². The van der Waals surface area contributed by atoms with Gasteiger partial charge in [-0.2, -0.15) is 4.99 Å². The fourth-order valence-electron chi connectivity index (χ4n) is 3.04. The summed E-state index contributed by atoms with van der Waals surface area (Å²) in [6.07, 6.45) is -0.0543. The number of thioether (sulfide) groups is 1. The van der Waals surface area contributed by atoms with E-state index in [1.165, 1.54) is 11.8 Å². The number of carboxylic acids is 1. The summed E-state index contributed by atoms with van der Waals surface area (Å²) in [6.45, 7) is 0. The molecule has 0 spiro atoms. The van der Waals surface area contributed by atoms with Gasteiger partial charge in [-0.25, -0.2) is 8.42 Å². The van der Waals surface area contributed by atoms with E-state index < -0.39 is 21.7 Å². The Morgan fingerprint density at radius 2 is 2.08 bits per heavy atom. The zero-order valence-corrected chi connectivity index (χ0v) is 16.0. The van der Waals surface area contributed by atoms with Gasteiger partial charge in [0.15, 0.2) is 15.0 Å². The van der Waals surface area contributed by atoms with Crippen LogP contribution in [0.1, 0.15) is 19.3 Å².